The van der Waals surface area contributed by atoms with Crippen LogP contribution >= 0.6 is 0 Å². The van der Waals surface area contributed by atoms with Gasteiger partial charge in [0.2, 0.25) is 5.91 Å². The minimum atomic E-state index is -1.02. The number of amides is 1. The van der Waals surface area contributed by atoms with Gasteiger partial charge >= 0.3 is 5.97 Å². The van der Waals surface area contributed by atoms with Gasteiger partial charge in [0.1, 0.15) is 18.4 Å². The minimum absolute atomic E-state index is 0.0854. The molecule has 7 heteroatoms. The van der Waals surface area contributed by atoms with E-state index >= 15 is 0 Å². The molecule has 0 aromatic heterocycles. The summed E-state index contributed by atoms with van der Waals surface area (Å²) in [5.41, 5.74) is 4.32. The Morgan fingerprint density at radius 3 is 2.20 bits per heavy atom. The number of carbonyl (C=O) groups excluding carboxylic acids is 2. The molecule has 4 aromatic rings. The molecule has 7 nitrogen and oxygen atoms in total. The second kappa shape index (κ2) is 15.2. The monoisotopic (exact) mass is 606 g/mol. The van der Waals surface area contributed by atoms with Gasteiger partial charge in [0, 0.05) is 36.2 Å². The first-order chi connectivity index (χ1) is 21.5. The Labute approximate surface area is 265 Å². The average Bonchev–Trinajstić information content (AvgIpc) is 3.00. The van der Waals surface area contributed by atoms with Crippen molar-refractivity contribution in [1.29, 1.82) is 0 Å². The highest BCUT2D eigenvalue weighted by Crippen LogP contribution is 2.23. The van der Waals surface area contributed by atoms with Gasteiger partial charge in [0.15, 0.2) is 5.78 Å². The molecule has 0 aliphatic heterocycles. The quantitative estimate of drug-likeness (QED) is 0.148. The van der Waals surface area contributed by atoms with Crippen molar-refractivity contribution in [2.75, 3.05) is 18.5 Å². The van der Waals surface area contributed by atoms with E-state index < -0.39 is 12.0 Å². The summed E-state index contributed by atoms with van der Waals surface area (Å²) in [6.07, 6.45) is 0.645. The third-order valence-corrected chi connectivity index (χ3v) is 7.32. The van der Waals surface area contributed by atoms with Crippen molar-refractivity contribution in [3.05, 3.63) is 131 Å². The van der Waals surface area contributed by atoms with Gasteiger partial charge in [-0.05, 0) is 47.7 Å². The third-order valence-electron chi connectivity index (χ3n) is 7.32. The van der Waals surface area contributed by atoms with Crippen molar-refractivity contribution in [2.45, 2.75) is 53.1 Å². The Bertz CT molecular complexity index is 1590. The lowest BCUT2D eigenvalue weighted by atomic mass is 9.91. The van der Waals surface area contributed by atoms with E-state index in [1.807, 2.05) is 60.4 Å². The van der Waals surface area contributed by atoms with Gasteiger partial charge in [0.25, 0.3) is 0 Å². The standard InChI is InChI=1S/C38H42N2O5/c1-27-11-10-12-29(23-27)26-40(35(41)25-38(2,3)4)21-22-45-31-19-17-28(18-20-31)24-34(37(43)44)39-33-16-9-8-15-32(33)36(42)30-13-6-5-7-14-30/h5-20,23,34,39H,21-22,24-26H2,1-4H3,(H,43,44)/t34-/m0/s1. The van der Waals surface area contributed by atoms with Crippen LogP contribution < -0.4 is 10.1 Å². The SMILES string of the molecule is Cc1cccc(CN(CCOc2ccc(C[C@H](Nc3ccccc3C(=O)c3ccccc3)C(=O)O)cc2)C(=O)CC(C)(C)C)c1. The molecule has 0 saturated heterocycles. The number of nitrogens with one attached hydrogen (secondary N) is 1. The predicted molar refractivity (Wildman–Crippen MR) is 178 cm³/mol. The molecule has 0 spiro atoms. The molecular weight excluding hydrogens is 564 g/mol. The first-order valence-electron chi connectivity index (χ1n) is 15.2. The Kier molecular flexibility index (Phi) is 11.1. The maximum atomic E-state index is 13.2. The lowest BCUT2D eigenvalue weighted by Gasteiger charge is -2.27. The predicted octanol–water partition coefficient (Wildman–Crippen LogP) is 7.18. The number of ether oxygens (including phenoxy) is 1. The van der Waals surface area contributed by atoms with Crippen molar-refractivity contribution in [3.8, 4) is 5.75 Å². The summed E-state index contributed by atoms with van der Waals surface area (Å²) in [7, 11) is 0. The normalized spacial score (nSPS) is 11.8. The van der Waals surface area contributed by atoms with Crippen molar-refractivity contribution in [3.63, 3.8) is 0 Å². The summed E-state index contributed by atoms with van der Waals surface area (Å²) in [6.45, 7) is 9.49. The number of carboxylic acid groups (broad SMARTS) is 1. The lowest BCUT2D eigenvalue weighted by Crippen LogP contribution is -2.36. The number of para-hydroxylation sites is 1. The number of nitrogens with zero attached hydrogens (tertiary/aromatic N) is 1. The van der Waals surface area contributed by atoms with Crippen LogP contribution in [0.5, 0.6) is 5.75 Å². The van der Waals surface area contributed by atoms with Gasteiger partial charge in [-0.3, -0.25) is 9.59 Å². The average molecular weight is 607 g/mol. The third kappa shape index (κ3) is 10.1. The van der Waals surface area contributed by atoms with Crippen LogP contribution in [-0.2, 0) is 22.6 Å². The van der Waals surface area contributed by atoms with Gasteiger partial charge in [-0.15, -0.1) is 0 Å². The molecule has 45 heavy (non-hydrogen) atoms. The first-order valence-corrected chi connectivity index (χ1v) is 15.2. The molecule has 234 valence electrons. The second-order valence-corrected chi connectivity index (χ2v) is 12.5. The minimum Gasteiger partial charge on any atom is -0.492 e. The number of ketones is 1. The number of anilines is 1. The van der Waals surface area contributed by atoms with Crippen LogP contribution in [0.4, 0.5) is 5.69 Å². The number of carbonyl (C=O) groups is 3. The molecule has 1 amide bonds. The fraction of sp³-hybridized carbons (Fsp3) is 0.289. The smallest absolute Gasteiger partial charge is 0.326 e. The van der Waals surface area contributed by atoms with Gasteiger partial charge in [-0.25, -0.2) is 4.79 Å². The highest BCUT2D eigenvalue weighted by Gasteiger charge is 2.23. The summed E-state index contributed by atoms with van der Waals surface area (Å²) in [4.78, 5) is 40.3. The van der Waals surface area contributed by atoms with Crippen molar-refractivity contribution in [2.24, 2.45) is 5.41 Å². The van der Waals surface area contributed by atoms with E-state index in [1.165, 1.54) is 0 Å². The number of carboxylic acids is 1. The molecule has 0 aliphatic rings. The van der Waals surface area contributed by atoms with Gasteiger partial charge in [0.05, 0.1) is 6.54 Å². The molecular formula is C38H42N2O5. The van der Waals surface area contributed by atoms with Crippen LogP contribution in [0.2, 0.25) is 0 Å². The Hall–Kier alpha value is -4.91. The maximum absolute atomic E-state index is 13.2. The Morgan fingerprint density at radius 1 is 0.844 bits per heavy atom. The van der Waals surface area contributed by atoms with Gasteiger partial charge in [-0.1, -0.05) is 105 Å². The lowest BCUT2D eigenvalue weighted by molar-refractivity contribution is -0.138. The highest BCUT2D eigenvalue weighted by atomic mass is 16.5. The van der Waals surface area contributed by atoms with E-state index in [-0.39, 0.29) is 23.5 Å². The van der Waals surface area contributed by atoms with Crippen LogP contribution in [-0.4, -0.2) is 46.9 Å². The molecule has 1 atom stereocenters. The molecule has 4 aromatic carbocycles. The number of rotatable bonds is 14. The molecule has 0 aliphatic carbocycles. The van der Waals surface area contributed by atoms with E-state index in [0.717, 1.165) is 16.7 Å². The van der Waals surface area contributed by atoms with Crippen LogP contribution in [0.25, 0.3) is 0 Å². The van der Waals surface area contributed by atoms with Crippen LogP contribution in [0.15, 0.2) is 103 Å². The second-order valence-electron chi connectivity index (χ2n) is 12.5. The molecule has 4 rings (SSSR count). The summed E-state index contributed by atoms with van der Waals surface area (Å²) >= 11 is 0. The fourth-order valence-electron chi connectivity index (χ4n) is 5.06. The van der Waals surface area contributed by atoms with E-state index in [1.54, 1.807) is 48.5 Å². The van der Waals surface area contributed by atoms with Gasteiger partial charge < -0.3 is 20.1 Å². The van der Waals surface area contributed by atoms with E-state index in [0.29, 0.717) is 48.7 Å². The largest absolute Gasteiger partial charge is 0.492 e. The number of hydrogen-bond acceptors (Lipinski definition) is 5. The van der Waals surface area contributed by atoms with Crippen molar-refractivity contribution < 1.29 is 24.2 Å². The summed E-state index contributed by atoms with van der Waals surface area (Å²) < 4.78 is 6.00. The van der Waals surface area contributed by atoms with Crippen LogP contribution in [0, 0.1) is 12.3 Å². The maximum Gasteiger partial charge on any atom is 0.326 e. The molecule has 2 N–H and O–H groups in total. The number of aryl methyl sites for hydroxylation is 1. The summed E-state index contributed by atoms with van der Waals surface area (Å²) in [5.74, 6) is -0.480. The number of benzene rings is 4. The van der Waals surface area contributed by atoms with E-state index in [2.05, 4.69) is 32.2 Å². The zero-order valence-electron chi connectivity index (χ0n) is 26.5. The van der Waals surface area contributed by atoms with Crippen LogP contribution in [0.3, 0.4) is 0 Å². The zero-order chi connectivity index (χ0) is 32.4. The zero-order valence-corrected chi connectivity index (χ0v) is 26.5. The Morgan fingerprint density at radius 2 is 1.53 bits per heavy atom. The van der Waals surface area contributed by atoms with Crippen molar-refractivity contribution in [1.82, 2.24) is 4.90 Å². The molecule has 0 bridgehead atoms. The topological polar surface area (TPSA) is 95.9 Å². The fourth-order valence-corrected chi connectivity index (χ4v) is 5.06. The number of aliphatic carboxylic acids is 1. The highest BCUT2D eigenvalue weighted by molar-refractivity contribution is 6.12. The van der Waals surface area contributed by atoms with Gasteiger partial charge in [-0.2, -0.15) is 0 Å². The van der Waals surface area contributed by atoms with Crippen LogP contribution in [0.1, 0.15) is 59.8 Å². The summed E-state index contributed by atoms with van der Waals surface area (Å²) in [5, 5.41) is 13.1. The van der Waals surface area contributed by atoms with Crippen molar-refractivity contribution >= 4 is 23.3 Å². The first kappa shape index (κ1) is 33.0. The summed E-state index contributed by atoms with van der Waals surface area (Å²) in [6, 6.07) is 30.4. The van der Waals surface area contributed by atoms with E-state index in [9.17, 15) is 19.5 Å². The molecule has 0 saturated carbocycles. The number of hydrogen-bond donors (Lipinski definition) is 2. The molecule has 0 heterocycles. The molecule has 0 fully saturated rings. The molecule has 0 unspecified atom stereocenters. The van der Waals surface area contributed by atoms with E-state index in [4.69, 9.17) is 4.74 Å². The molecule has 0 radical (unpaired) electrons. The Balaban J connectivity index is 1.38.